The second-order valence-corrected chi connectivity index (χ2v) is 7.99. The SMILES string of the molecule is CN=C(NCc1cccc(N(C)C)n1)NC1CCN(Cc2cccc(C)c2)CC1. The highest BCUT2D eigenvalue weighted by Crippen LogP contribution is 2.15. The molecule has 1 saturated heterocycles. The first kappa shape index (κ1) is 21.1. The van der Waals surface area contributed by atoms with Crippen molar-refractivity contribution in [2.75, 3.05) is 39.1 Å². The van der Waals surface area contributed by atoms with Crippen LogP contribution >= 0.6 is 0 Å². The third kappa shape index (κ3) is 6.46. The van der Waals surface area contributed by atoms with Crippen molar-refractivity contribution in [2.45, 2.75) is 38.9 Å². The lowest BCUT2D eigenvalue weighted by Crippen LogP contribution is -2.48. The van der Waals surface area contributed by atoms with E-state index in [4.69, 9.17) is 0 Å². The van der Waals surface area contributed by atoms with Crippen molar-refractivity contribution in [3.63, 3.8) is 0 Å². The molecule has 1 fully saturated rings. The van der Waals surface area contributed by atoms with Crippen molar-refractivity contribution < 1.29 is 0 Å². The topological polar surface area (TPSA) is 55.8 Å². The molecule has 1 aromatic heterocycles. The van der Waals surface area contributed by atoms with Gasteiger partial charge in [0.2, 0.25) is 0 Å². The largest absolute Gasteiger partial charge is 0.363 e. The Hall–Kier alpha value is -2.60. The van der Waals surface area contributed by atoms with E-state index < -0.39 is 0 Å². The van der Waals surface area contributed by atoms with Crippen LogP contribution in [0.15, 0.2) is 47.5 Å². The maximum Gasteiger partial charge on any atom is 0.191 e. The molecule has 6 nitrogen and oxygen atoms in total. The lowest BCUT2D eigenvalue weighted by Gasteiger charge is -2.33. The Morgan fingerprint density at radius 3 is 2.62 bits per heavy atom. The smallest absolute Gasteiger partial charge is 0.191 e. The number of pyridine rings is 1. The molecule has 0 spiro atoms. The first-order valence-electron chi connectivity index (χ1n) is 10.4. The molecule has 156 valence electrons. The summed E-state index contributed by atoms with van der Waals surface area (Å²) in [5, 5.41) is 6.98. The number of aryl methyl sites for hydroxylation is 1. The predicted molar refractivity (Wildman–Crippen MR) is 121 cm³/mol. The van der Waals surface area contributed by atoms with E-state index in [2.05, 4.69) is 56.7 Å². The number of anilines is 1. The molecular weight excluding hydrogens is 360 g/mol. The van der Waals surface area contributed by atoms with Crippen LogP contribution in [0.4, 0.5) is 5.82 Å². The van der Waals surface area contributed by atoms with Gasteiger partial charge in [0.25, 0.3) is 0 Å². The fraction of sp³-hybridized carbons (Fsp3) is 0.478. The highest BCUT2D eigenvalue weighted by Gasteiger charge is 2.20. The van der Waals surface area contributed by atoms with Gasteiger partial charge in [-0.1, -0.05) is 35.9 Å². The molecular formula is C23H34N6. The quantitative estimate of drug-likeness (QED) is 0.583. The summed E-state index contributed by atoms with van der Waals surface area (Å²) < 4.78 is 0. The van der Waals surface area contributed by atoms with Gasteiger partial charge in [0.1, 0.15) is 5.82 Å². The van der Waals surface area contributed by atoms with Crippen LogP contribution in [0, 0.1) is 6.92 Å². The molecule has 0 bridgehead atoms. The van der Waals surface area contributed by atoms with E-state index >= 15 is 0 Å². The van der Waals surface area contributed by atoms with Crippen molar-refractivity contribution in [3.05, 3.63) is 59.3 Å². The Bertz CT molecular complexity index is 809. The van der Waals surface area contributed by atoms with Gasteiger partial charge in [0.05, 0.1) is 12.2 Å². The molecule has 0 aliphatic carbocycles. The molecule has 29 heavy (non-hydrogen) atoms. The Morgan fingerprint density at radius 2 is 1.93 bits per heavy atom. The zero-order valence-electron chi connectivity index (χ0n) is 18.2. The van der Waals surface area contributed by atoms with E-state index in [1.165, 1.54) is 11.1 Å². The number of aliphatic imine (C=N–C) groups is 1. The summed E-state index contributed by atoms with van der Waals surface area (Å²) in [6, 6.07) is 15.4. The number of likely N-dealkylation sites (tertiary alicyclic amines) is 1. The Kier molecular flexibility index (Phi) is 7.47. The molecule has 2 aromatic rings. The molecule has 6 heteroatoms. The van der Waals surface area contributed by atoms with Crippen molar-refractivity contribution >= 4 is 11.8 Å². The molecule has 0 unspecified atom stereocenters. The maximum atomic E-state index is 4.66. The Morgan fingerprint density at radius 1 is 1.17 bits per heavy atom. The van der Waals surface area contributed by atoms with Crippen LogP contribution in [-0.4, -0.2) is 56.1 Å². The van der Waals surface area contributed by atoms with E-state index in [0.717, 1.165) is 49.9 Å². The van der Waals surface area contributed by atoms with Gasteiger partial charge < -0.3 is 15.5 Å². The summed E-state index contributed by atoms with van der Waals surface area (Å²) in [7, 11) is 5.84. The van der Waals surface area contributed by atoms with Gasteiger partial charge in [-0.15, -0.1) is 0 Å². The summed E-state index contributed by atoms with van der Waals surface area (Å²) >= 11 is 0. The summed E-state index contributed by atoms with van der Waals surface area (Å²) in [5.74, 6) is 1.81. The van der Waals surface area contributed by atoms with E-state index in [1.807, 2.05) is 44.2 Å². The van der Waals surface area contributed by atoms with Gasteiger partial charge in [-0.05, 0) is 37.5 Å². The molecule has 0 saturated carbocycles. The van der Waals surface area contributed by atoms with Crippen LogP contribution in [0.2, 0.25) is 0 Å². The van der Waals surface area contributed by atoms with E-state index in [-0.39, 0.29) is 0 Å². The van der Waals surface area contributed by atoms with Gasteiger partial charge in [-0.25, -0.2) is 4.98 Å². The fourth-order valence-electron chi connectivity index (χ4n) is 3.68. The molecule has 0 amide bonds. The average Bonchev–Trinajstić information content (AvgIpc) is 2.72. The van der Waals surface area contributed by atoms with Crippen LogP contribution in [0.3, 0.4) is 0 Å². The minimum Gasteiger partial charge on any atom is -0.363 e. The van der Waals surface area contributed by atoms with Crippen molar-refractivity contribution in [1.82, 2.24) is 20.5 Å². The van der Waals surface area contributed by atoms with Gasteiger partial charge in [0.15, 0.2) is 5.96 Å². The second kappa shape index (κ2) is 10.3. The molecule has 1 aliphatic rings. The van der Waals surface area contributed by atoms with E-state index in [9.17, 15) is 0 Å². The zero-order valence-corrected chi connectivity index (χ0v) is 18.2. The third-order valence-electron chi connectivity index (χ3n) is 5.33. The zero-order chi connectivity index (χ0) is 20.6. The van der Waals surface area contributed by atoms with Crippen LogP contribution in [0.5, 0.6) is 0 Å². The Labute approximate surface area is 175 Å². The minimum atomic E-state index is 0.455. The molecule has 1 aromatic carbocycles. The minimum absolute atomic E-state index is 0.455. The highest BCUT2D eigenvalue weighted by atomic mass is 15.2. The van der Waals surface area contributed by atoms with E-state index in [1.54, 1.807) is 0 Å². The Balaban J connectivity index is 1.44. The standard InChI is InChI=1S/C23H34N6/c1-18-7-5-8-19(15-18)17-29-13-11-20(12-14-29)27-23(24-2)25-16-21-9-6-10-22(26-21)28(3)4/h5-10,15,20H,11-14,16-17H2,1-4H3,(H2,24,25,27). The predicted octanol–water partition coefficient (Wildman–Crippen LogP) is 2.79. The van der Waals surface area contributed by atoms with Gasteiger partial charge >= 0.3 is 0 Å². The van der Waals surface area contributed by atoms with Crippen LogP contribution in [0.1, 0.15) is 29.7 Å². The van der Waals surface area contributed by atoms with Crippen molar-refractivity contribution in [2.24, 2.45) is 4.99 Å². The number of rotatable bonds is 6. The summed E-state index contributed by atoms with van der Waals surface area (Å²) in [4.78, 5) is 13.6. The monoisotopic (exact) mass is 394 g/mol. The molecule has 2 N–H and O–H groups in total. The summed E-state index contributed by atoms with van der Waals surface area (Å²) in [6.45, 7) is 6.07. The normalized spacial score (nSPS) is 15.9. The molecule has 0 atom stereocenters. The van der Waals surface area contributed by atoms with Crippen molar-refractivity contribution in [3.8, 4) is 0 Å². The third-order valence-corrected chi connectivity index (χ3v) is 5.33. The summed E-state index contributed by atoms with van der Waals surface area (Å²) in [5.41, 5.74) is 3.74. The van der Waals surface area contributed by atoms with Crippen molar-refractivity contribution in [1.29, 1.82) is 0 Å². The van der Waals surface area contributed by atoms with Gasteiger partial charge in [-0.2, -0.15) is 0 Å². The molecule has 3 rings (SSSR count). The first-order chi connectivity index (χ1) is 14.0. The second-order valence-electron chi connectivity index (χ2n) is 7.99. The summed E-state index contributed by atoms with van der Waals surface area (Å²) in [6.07, 6.45) is 2.25. The maximum absolute atomic E-state index is 4.66. The average molecular weight is 395 g/mol. The molecule has 2 heterocycles. The molecule has 0 radical (unpaired) electrons. The number of guanidine groups is 1. The van der Waals surface area contributed by atoms with Crippen LogP contribution in [0.25, 0.3) is 0 Å². The first-order valence-corrected chi connectivity index (χ1v) is 10.4. The van der Waals surface area contributed by atoms with Gasteiger partial charge in [0, 0.05) is 46.8 Å². The van der Waals surface area contributed by atoms with Crippen LogP contribution in [-0.2, 0) is 13.1 Å². The number of benzene rings is 1. The number of hydrogen-bond donors (Lipinski definition) is 2. The highest BCUT2D eigenvalue weighted by molar-refractivity contribution is 5.79. The van der Waals surface area contributed by atoms with Gasteiger partial charge in [-0.3, -0.25) is 9.89 Å². The lowest BCUT2D eigenvalue weighted by atomic mass is 10.0. The van der Waals surface area contributed by atoms with E-state index in [0.29, 0.717) is 12.6 Å². The lowest BCUT2D eigenvalue weighted by molar-refractivity contribution is 0.198. The number of hydrogen-bond acceptors (Lipinski definition) is 4. The number of piperidine rings is 1. The molecule has 1 aliphatic heterocycles. The van der Waals surface area contributed by atoms with Crippen LogP contribution < -0.4 is 15.5 Å². The number of aromatic nitrogens is 1. The fourth-order valence-corrected chi connectivity index (χ4v) is 3.68. The number of nitrogens with zero attached hydrogens (tertiary/aromatic N) is 4. The number of nitrogens with one attached hydrogen (secondary N) is 2.